The molecule has 3 rings (SSSR count). The van der Waals surface area contributed by atoms with E-state index >= 15 is 0 Å². The van der Waals surface area contributed by atoms with Crippen LogP contribution in [0.25, 0.3) is 10.8 Å². The van der Waals surface area contributed by atoms with Gasteiger partial charge >= 0.3 is 0 Å². The van der Waals surface area contributed by atoms with Gasteiger partial charge in [0.25, 0.3) is 0 Å². The molecular formula is C15H19N3O. The van der Waals surface area contributed by atoms with Crippen LogP contribution in [0.1, 0.15) is 19.3 Å². The predicted molar refractivity (Wildman–Crippen MR) is 78.2 cm³/mol. The van der Waals surface area contributed by atoms with Gasteiger partial charge in [-0.1, -0.05) is 6.07 Å². The van der Waals surface area contributed by atoms with Crippen molar-refractivity contribution >= 4 is 22.1 Å². The van der Waals surface area contributed by atoms with E-state index in [0.29, 0.717) is 0 Å². The van der Waals surface area contributed by atoms with Crippen molar-refractivity contribution in [1.29, 1.82) is 0 Å². The Morgan fingerprint density at radius 1 is 1.37 bits per heavy atom. The third kappa shape index (κ3) is 2.12. The first-order valence-electron chi connectivity index (χ1n) is 6.65. The van der Waals surface area contributed by atoms with Crippen LogP contribution in [0, 0.1) is 0 Å². The number of benzene rings is 1. The number of fused-ring (bicyclic) bond motifs is 1. The van der Waals surface area contributed by atoms with Crippen molar-refractivity contribution in [3.05, 3.63) is 30.6 Å². The molecule has 1 saturated carbocycles. The maximum absolute atomic E-state index is 6.22. The fraction of sp³-hybridized carbons (Fsp3) is 0.400. The molecule has 0 saturated heterocycles. The number of aromatic nitrogens is 1. The Kier molecular flexibility index (Phi) is 3.03. The first-order chi connectivity index (χ1) is 9.24. The van der Waals surface area contributed by atoms with Crippen LogP contribution in [0.2, 0.25) is 0 Å². The molecule has 0 unspecified atom stereocenters. The lowest BCUT2D eigenvalue weighted by Crippen LogP contribution is -2.45. The minimum atomic E-state index is -0.000357. The highest BCUT2D eigenvalue weighted by Crippen LogP contribution is 2.36. The summed E-state index contributed by atoms with van der Waals surface area (Å²) in [6, 6.07) is 6.01. The Morgan fingerprint density at radius 3 is 2.89 bits per heavy atom. The fourth-order valence-corrected chi connectivity index (χ4v) is 2.63. The second-order valence-corrected chi connectivity index (χ2v) is 5.22. The maximum Gasteiger partial charge on any atom is 0.0850 e. The van der Waals surface area contributed by atoms with E-state index < -0.39 is 0 Å². The minimum absolute atomic E-state index is 0.000357. The quantitative estimate of drug-likeness (QED) is 0.827. The summed E-state index contributed by atoms with van der Waals surface area (Å²) >= 11 is 0. The minimum Gasteiger partial charge on any atom is -0.397 e. The summed E-state index contributed by atoms with van der Waals surface area (Å²) in [6.45, 7) is 0.810. The van der Waals surface area contributed by atoms with Gasteiger partial charge in [0.2, 0.25) is 0 Å². The number of rotatable bonds is 4. The monoisotopic (exact) mass is 257 g/mol. The highest BCUT2D eigenvalue weighted by Gasteiger charge is 2.36. The molecule has 19 heavy (non-hydrogen) atoms. The van der Waals surface area contributed by atoms with Crippen LogP contribution in [0.5, 0.6) is 0 Å². The number of methoxy groups -OCH3 is 1. The van der Waals surface area contributed by atoms with Crippen molar-refractivity contribution < 1.29 is 4.74 Å². The molecule has 1 aromatic heterocycles. The smallest absolute Gasteiger partial charge is 0.0850 e. The number of nitrogens with one attached hydrogen (secondary N) is 1. The summed E-state index contributed by atoms with van der Waals surface area (Å²) in [5.41, 5.74) is 7.97. The molecule has 1 aliphatic rings. The molecule has 3 N–H and O–H groups in total. The third-order valence-electron chi connectivity index (χ3n) is 4.16. The molecule has 2 aromatic rings. The maximum atomic E-state index is 6.22. The van der Waals surface area contributed by atoms with Crippen molar-refractivity contribution in [1.82, 2.24) is 4.98 Å². The molecule has 100 valence electrons. The Labute approximate surface area is 113 Å². The van der Waals surface area contributed by atoms with Crippen LogP contribution in [0.15, 0.2) is 30.6 Å². The summed E-state index contributed by atoms with van der Waals surface area (Å²) in [7, 11) is 1.79. The van der Waals surface area contributed by atoms with Gasteiger partial charge in [0.1, 0.15) is 0 Å². The van der Waals surface area contributed by atoms with Gasteiger partial charge in [-0.3, -0.25) is 4.98 Å². The van der Waals surface area contributed by atoms with Crippen molar-refractivity contribution in [3.63, 3.8) is 0 Å². The highest BCUT2D eigenvalue weighted by atomic mass is 16.5. The number of nitrogen functional groups attached to an aromatic ring is 1. The Morgan fingerprint density at radius 2 is 2.21 bits per heavy atom. The van der Waals surface area contributed by atoms with Gasteiger partial charge in [-0.15, -0.1) is 0 Å². The molecular weight excluding hydrogens is 238 g/mol. The van der Waals surface area contributed by atoms with Gasteiger partial charge in [-0.05, 0) is 31.4 Å². The molecule has 0 atom stereocenters. The van der Waals surface area contributed by atoms with Crippen LogP contribution in [-0.4, -0.2) is 24.2 Å². The van der Waals surface area contributed by atoms with Crippen molar-refractivity contribution in [2.75, 3.05) is 24.7 Å². The number of nitrogens with zero attached hydrogens (tertiary/aromatic N) is 1. The van der Waals surface area contributed by atoms with Crippen LogP contribution in [-0.2, 0) is 4.74 Å². The van der Waals surface area contributed by atoms with E-state index in [9.17, 15) is 0 Å². The van der Waals surface area contributed by atoms with Gasteiger partial charge in [-0.2, -0.15) is 0 Å². The van der Waals surface area contributed by atoms with Crippen molar-refractivity contribution in [2.24, 2.45) is 0 Å². The Bertz CT molecular complexity index is 587. The molecule has 4 nitrogen and oxygen atoms in total. The predicted octanol–water partition coefficient (Wildman–Crippen LogP) is 2.80. The molecule has 0 bridgehead atoms. The first kappa shape index (κ1) is 12.2. The summed E-state index contributed by atoms with van der Waals surface area (Å²) < 4.78 is 5.61. The molecule has 0 amide bonds. The van der Waals surface area contributed by atoms with Gasteiger partial charge in [0.15, 0.2) is 0 Å². The summed E-state index contributed by atoms with van der Waals surface area (Å²) in [5.74, 6) is 0. The molecule has 1 aliphatic carbocycles. The summed E-state index contributed by atoms with van der Waals surface area (Å²) in [6.07, 6.45) is 7.08. The van der Waals surface area contributed by atoms with Crippen LogP contribution < -0.4 is 11.1 Å². The molecule has 0 aliphatic heterocycles. The van der Waals surface area contributed by atoms with Crippen LogP contribution in [0.4, 0.5) is 11.4 Å². The van der Waals surface area contributed by atoms with Crippen LogP contribution >= 0.6 is 0 Å². The number of hydrogen-bond acceptors (Lipinski definition) is 4. The van der Waals surface area contributed by atoms with Gasteiger partial charge < -0.3 is 15.8 Å². The van der Waals surface area contributed by atoms with E-state index in [4.69, 9.17) is 10.5 Å². The largest absolute Gasteiger partial charge is 0.397 e. The third-order valence-corrected chi connectivity index (χ3v) is 4.16. The topological polar surface area (TPSA) is 60.2 Å². The standard InChI is InChI=1S/C15H19N3O/c1-19-15(6-2-7-15)10-18-13-4-3-11-9-17-8-5-12(11)14(13)16/h3-5,8-9,18H,2,6-7,10,16H2,1H3. The van der Waals surface area contributed by atoms with E-state index in [1.807, 2.05) is 24.4 Å². The zero-order chi connectivity index (χ0) is 13.3. The van der Waals surface area contributed by atoms with E-state index in [0.717, 1.165) is 41.5 Å². The zero-order valence-corrected chi connectivity index (χ0v) is 11.1. The zero-order valence-electron chi connectivity index (χ0n) is 11.1. The van der Waals surface area contributed by atoms with Crippen LogP contribution in [0.3, 0.4) is 0 Å². The van der Waals surface area contributed by atoms with E-state index in [1.165, 1.54) is 6.42 Å². The average Bonchev–Trinajstić information content (AvgIpc) is 2.40. The SMILES string of the molecule is COC1(CNc2ccc3cnccc3c2N)CCC1. The fourth-order valence-electron chi connectivity index (χ4n) is 2.63. The van der Waals surface area contributed by atoms with Crippen molar-refractivity contribution in [3.8, 4) is 0 Å². The first-order valence-corrected chi connectivity index (χ1v) is 6.65. The van der Waals surface area contributed by atoms with E-state index in [-0.39, 0.29) is 5.60 Å². The molecule has 0 radical (unpaired) electrons. The second kappa shape index (κ2) is 4.70. The number of anilines is 2. The molecule has 4 heteroatoms. The van der Waals surface area contributed by atoms with E-state index in [1.54, 1.807) is 13.3 Å². The summed E-state index contributed by atoms with van der Waals surface area (Å²) in [5, 5.41) is 5.54. The Balaban J connectivity index is 1.83. The molecule has 1 aromatic carbocycles. The molecule has 1 fully saturated rings. The Hall–Kier alpha value is -1.81. The average molecular weight is 257 g/mol. The number of nitrogens with two attached hydrogens (primary N) is 1. The second-order valence-electron chi connectivity index (χ2n) is 5.22. The number of ether oxygens (including phenoxy) is 1. The number of pyridine rings is 1. The lowest BCUT2D eigenvalue weighted by atomic mass is 9.80. The lowest BCUT2D eigenvalue weighted by Gasteiger charge is -2.40. The molecule has 0 spiro atoms. The number of hydrogen-bond donors (Lipinski definition) is 2. The lowest BCUT2D eigenvalue weighted by molar-refractivity contribution is -0.0601. The van der Waals surface area contributed by atoms with E-state index in [2.05, 4.69) is 10.3 Å². The van der Waals surface area contributed by atoms with Gasteiger partial charge in [0.05, 0.1) is 17.0 Å². The molecule has 1 heterocycles. The van der Waals surface area contributed by atoms with Gasteiger partial charge in [-0.25, -0.2) is 0 Å². The van der Waals surface area contributed by atoms with Gasteiger partial charge in [0, 0.05) is 36.8 Å². The summed E-state index contributed by atoms with van der Waals surface area (Å²) in [4.78, 5) is 4.11. The normalized spacial score (nSPS) is 17.1. The highest BCUT2D eigenvalue weighted by molar-refractivity contribution is 5.98. The van der Waals surface area contributed by atoms with Crippen molar-refractivity contribution in [2.45, 2.75) is 24.9 Å².